The number of nitrogens with zero attached hydrogens (tertiary/aromatic N) is 2. The standard InChI is InChI=1S/C26H27N5O4/c1-16-11-17(21-5-3-4-6-22(21)28-16)14-34-20-9-7-18(8-10-20)26(15-27)13-19(31-35-26)12-25(2)23(32)29-24(33)30-25/h3-11H,12-15,27H2,1-2H3,(H2,29,30,32,33). The van der Waals surface area contributed by atoms with Gasteiger partial charge in [0.25, 0.3) is 5.91 Å². The molecule has 0 bridgehead atoms. The van der Waals surface area contributed by atoms with Crippen LogP contribution in [-0.2, 0) is 21.8 Å². The summed E-state index contributed by atoms with van der Waals surface area (Å²) in [5, 5.41) is 10.2. The molecule has 0 saturated carbocycles. The minimum atomic E-state index is -1.06. The van der Waals surface area contributed by atoms with Crippen LogP contribution in [0.25, 0.3) is 10.9 Å². The number of fused-ring (bicyclic) bond motifs is 1. The number of pyridine rings is 1. The van der Waals surface area contributed by atoms with Crippen LogP contribution in [0.5, 0.6) is 5.75 Å². The van der Waals surface area contributed by atoms with Gasteiger partial charge in [0.15, 0.2) is 5.60 Å². The zero-order valence-corrected chi connectivity index (χ0v) is 19.6. The van der Waals surface area contributed by atoms with Gasteiger partial charge in [-0.2, -0.15) is 0 Å². The molecule has 9 nitrogen and oxygen atoms in total. The number of rotatable bonds is 7. The Hall–Kier alpha value is -3.98. The van der Waals surface area contributed by atoms with E-state index in [9.17, 15) is 9.59 Å². The molecule has 0 spiro atoms. The number of ether oxygens (including phenoxy) is 1. The summed E-state index contributed by atoms with van der Waals surface area (Å²) in [5.41, 5.74) is 8.71. The molecule has 1 aromatic heterocycles. The van der Waals surface area contributed by atoms with Gasteiger partial charge in [-0.25, -0.2) is 4.79 Å². The number of hydrogen-bond acceptors (Lipinski definition) is 7. The molecule has 0 radical (unpaired) electrons. The average molecular weight is 474 g/mol. The number of aryl methyl sites for hydroxylation is 1. The Labute approximate surface area is 202 Å². The van der Waals surface area contributed by atoms with E-state index in [1.165, 1.54) is 0 Å². The molecule has 9 heteroatoms. The summed E-state index contributed by atoms with van der Waals surface area (Å²) in [6.45, 7) is 4.26. The summed E-state index contributed by atoms with van der Waals surface area (Å²) >= 11 is 0. The number of nitrogens with two attached hydrogens (primary N) is 1. The van der Waals surface area contributed by atoms with E-state index in [1.807, 2.05) is 61.5 Å². The molecular formula is C26H27N5O4. The molecule has 1 fully saturated rings. The summed E-state index contributed by atoms with van der Waals surface area (Å²) in [6.07, 6.45) is 0.664. The van der Waals surface area contributed by atoms with Gasteiger partial charge >= 0.3 is 6.03 Å². The van der Waals surface area contributed by atoms with E-state index >= 15 is 0 Å². The Balaban J connectivity index is 1.27. The third kappa shape index (κ3) is 4.30. The molecule has 2 unspecified atom stereocenters. The van der Waals surface area contributed by atoms with E-state index in [-0.39, 0.29) is 18.9 Å². The van der Waals surface area contributed by atoms with Crippen molar-refractivity contribution < 1.29 is 19.2 Å². The molecule has 3 amide bonds. The summed E-state index contributed by atoms with van der Waals surface area (Å²) in [6, 6.07) is 17.2. The predicted octanol–water partition coefficient (Wildman–Crippen LogP) is 3.04. The number of carbonyl (C=O) groups is 2. The number of aromatic nitrogens is 1. The number of hydrogen-bond donors (Lipinski definition) is 3. The molecule has 180 valence electrons. The van der Waals surface area contributed by atoms with Crippen LogP contribution >= 0.6 is 0 Å². The van der Waals surface area contributed by atoms with Crippen LogP contribution in [0.3, 0.4) is 0 Å². The largest absolute Gasteiger partial charge is 0.489 e. The molecule has 2 aromatic carbocycles. The summed E-state index contributed by atoms with van der Waals surface area (Å²) in [5.74, 6) is 0.338. The Morgan fingerprint density at radius 3 is 2.63 bits per heavy atom. The monoisotopic (exact) mass is 473 g/mol. The minimum absolute atomic E-state index is 0.206. The maximum absolute atomic E-state index is 12.2. The van der Waals surface area contributed by atoms with Crippen LogP contribution in [0.1, 0.15) is 36.6 Å². The second-order valence-corrected chi connectivity index (χ2v) is 9.29. The van der Waals surface area contributed by atoms with Crippen LogP contribution in [0.15, 0.2) is 59.8 Å². The number of nitrogens with one attached hydrogen (secondary N) is 2. The topological polar surface area (TPSA) is 128 Å². The Morgan fingerprint density at radius 1 is 1.14 bits per heavy atom. The summed E-state index contributed by atoms with van der Waals surface area (Å²) in [7, 11) is 0. The van der Waals surface area contributed by atoms with Crippen LogP contribution in [0, 0.1) is 6.92 Å². The van der Waals surface area contributed by atoms with E-state index in [0.717, 1.165) is 33.5 Å². The van der Waals surface area contributed by atoms with Crippen molar-refractivity contribution >= 4 is 28.6 Å². The number of benzene rings is 2. The first kappa shape index (κ1) is 22.8. The first-order chi connectivity index (χ1) is 16.8. The number of amides is 3. The number of oxime groups is 1. The molecule has 35 heavy (non-hydrogen) atoms. The van der Waals surface area contributed by atoms with Crippen molar-refractivity contribution in [2.75, 3.05) is 6.54 Å². The lowest BCUT2D eigenvalue weighted by atomic mass is 9.85. The normalized spacial score (nSPS) is 23.6. The highest BCUT2D eigenvalue weighted by molar-refractivity contribution is 6.09. The molecule has 2 aliphatic heterocycles. The smallest absolute Gasteiger partial charge is 0.322 e. The molecule has 3 heterocycles. The third-order valence-electron chi connectivity index (χ3n) is 6.55. The van der Waals surface area contributed by atoms with Gasteiger partial charge in [0, 0.05) is 41.6 Å². The van der Waals surface area contributed by atoms with E-state index in [0.29, 0.717) is 18.7 Å². The first-order valence-corrected chi connectivity index (χ1v) is 11.5. The fraction of sp³-hybridized carbons (Fsp3) is 0.308. The van der Waals surface area contributed by atoms with Crippen molar-refractivity contribution in [3.8, 4) is 5.75 Å². The van der Waals surface area contributed by atoms with Crippen LogP contribution in [0.2, 0.25) is 0 Å². The van der Waals surface area contributed by atoms with Gasteiger partial charge in [-0.3, -0.25) is 15.1 Å². The van der Waals surface area contributed by atoms with Crippen molar-refractivity contribution in [1.82, 2.24) is 15.6 Å². The van der Waals surface area contributed by atoms with Gasteiger partial charge in [-0.1, -0.05) is 35.5 Å². The van der Waals surface area contributed by atoms with Gasteiger partial charge < -0.3 is 20.6 Å². The second kappa shape index (κ2) is 8.66. The summed E-state index contributed by atoms with van der Waals surface area (Å²) in [4.78, 5) is 34.1. The van der Waals surface area contributed by atoms with Crippen molar-refractivity contribution in [3.63, 3.8) is 0 Å². The van der Waals surface area contributed by atoms with E-state index in [1.54, 1.807) is 6.92 Å². The van der Waals surface area contributed by atoms with E-state index in [4.69, 9.17) is 15.3 Å². The molecule has 4 N–H and O–H groups in total. The van der Waals surface area contributed by atoms with Gasteiger partial charge in [0.2, 0.25) is 0 Å². The Kier molecular flexibility index (Phi) is 5.64. The highest BCUT2D eigenvalue weighted by Gasteiger charge is 2.47. The highest BCUT2D eigenvalue weighted by atomic mass is 16.7. The van der Waals surface area contributed by atoms with Gasteiger partial charge in [-0.05, 0) is 38.1 Å². The number of para-hydroxylation sites is 1. The fourth-order valence-electron chi connectivity index (χ4n) is 4.67. The van der Waals surface area contributed by atoms with Crippen molar-refractivity contribution in [2.45, 2.75) is 44.4 Å². The minimum Gasteiger partial charge on any atom is -0.489 e. The van der Waals surface area contributed by atoms with Crippen molar-refractivity contribution in [1.29, 1.82) is 0 Å². The molecule has 2 aliphatic rings. The Morgan fingerprint density at radius 2 is 1.91 bits per heavy atom. The SMILES string of the molecule is Cc1cc(COc2ccc(C3(CN)CC(CC4(C)NC(=O)NC4=O)=NO3)cc2)c2ccccc2n1. The third-order valence-corrected chi connectivity index (χ3v) is 6.55. The average Bonchev–Trinajstić information content (AvgIpc) is 3.37. The number of imide groups is 1. The van der Waals surface area contributed by atoms with Gasteiger partial charge in [0.1, 0.15) is 17.9 Å². The van der Waals surface area contributed by atoms with E-state index in [2.05, 4.69) is 20.8 Å². The van der Waals surface area contributed by atoms with E-state index < -0.39 is 17.2 Å². The maximum atomic E-state index is 12.2. The lowest BCUT2D eigenvalue weighted by Gasteiger charge is -2.26. The number of urea groups is 1. The molecule has 0 aliphatic carbocycles. The van der Waals surface area contributed by atoms with Crippen molar-refractivity contribution in [2.24, 2.45) is 10.9 Å². The van der Waals surface area contributed by atoms with Crippen LogP contribution in [0.4, 0.5) is 4.79 Å². The highest BCUT2D eigenvalue weighted by Crippen LogP contribution is 2.37. The molecule has 1 saturated heterocycles. The summed E-state index contributed by atoms with van der Waals surface area (Å²) < 4.78 is 6.07. The molecule has 2 atom stereocenters. The fourth-order valence-corrected chi connectivity index (χ4v) is 4.67. The second-order valence-electron chi connectivity index (χ2n) is 9.29. The van der Waals surface area contributed by atoms with Crippen molar-refractivity contribution in [3.05, 3.63) is 71.4 Å². The first-order valence-electron chi connectivity index (χ1n) is 11.5. The lowest BCUT2D eigenvalue weighted by molar-refractivity contribution is -0.123. The zero-order valence-electron chi connectivity index (χ0n) is 19.6. The Bertz CT molecular complexity index is 1340. The number of carbonyl (C=O) groups excluding carboxylic acids is 2. The predicted molar refractivity (Wildman–Crippen MR) is 131 cm³/mol. The zero-order chi connectivity index (χ0) is 24.6. The van der Waals surface area contributed by atoms with Crippen LogP contribution < -0.4 is 21.1 Å². The van der Waals surface area contributed by atoms with Crippen LogP contribution in [-0.4, -0.2) is 34.7 Å². The molecule has 3 aromatic rings. The van der Waals surface area contributed by atoms with Gasteiger partial charge in [-0.15, -0.1) is 0 Å². The molecular weight excluding hydrogens is 446 g/mol. The van der Waals surface area contributed by atoms with Gasteiger partial charge in [0.05, 0.1) is 11.2 Å². The quantitative estimate of drug-likeness (QED) is 0.453. The maximum Gasteiger partial charge on any atom is 0.322 e. The lowest BCUT2D eigenvalue weighted by Crippen LogP contribution is -2.45. The molecule has 5 rings (SSSR count).